The predicted octanol–water partition coefficient (Wildman–Crippen LogP) is 3.21. The predicted molar refractivity (Wildman–Crippen MR) is 107 cm³/mol. The van der Waals surface area contributed by atoms with Crippen molar-refractivity contribution in [2.24, 2.45) is 0 Å². The first-order valence-corrected chi connectivity index (χ1v) is 9.63. The van der Waals surface area contributed by atoms with Gasteiger partial charge in [-0.25, -0.2) is 13.6 Å². The van der Waals surface area contributed by atoms with Gasteiger partial charge in [0.1, 0.15) is 0 Å². The monoisotopic (exact) mass is 466 g/mol. The van der Waals surface area contributed by atoms with Crippen LogP contribution in [-0.2, 0) is 22.6 Å². The van der Waals surface area contributed by atoms with E-state index in [2.05, 4.69) is 15.9 Å². The molecule has 0 bridgehead atoms. The normalized spacial score (nSPS) is 11.0. The number of ether oxygens (including phenoxy) is 1. The Morgan fingerprint density at radius 1 is 1.07 bits per heavy atom. The maximum absolute atomic E-state index is 13.8. The van der Waals surface area contributed by atoms with E-state index in [1.807, 2.05) is 0 Å². The molecule has 2 aromatic carbocycles. The Bertz CT molecular complexity index is 1190. The lowest BCUT2D eigenvalue weighted by atomic mass is 10.2. The van der Waals surface area contributed by atoms with Crippen LogP contribution in [0.1, 0.15) is 18.9 Å². The summed E-state index contributed by atoms with van der Waals surface area (Å²) in [5.74, 6) is -2.92. The van der Waals surface area contributed by atoms with Crippen molar-refractivity contribution in [2.75, 3.05) is 6.61 Å². The molecule has 0 unspecified atom stereocenters. The number of halogens is 3. The van der Waals surface area contributed by atoms with Crippen LogP contribution in [0, 0.1) is 11.6 Å². The number of hydrogen-bond donors (Lipinski definition) is 0. The van der Waals surface area contributed by atoms with E-state index in [4.69, 9.17) is 4.74 Å². The molecular weight excluding hydrogens is 450 g/mol. The van der Waals surface area contributed by atoms with Crippen LogP contribution in [0.25, 0.3) is 10.9 Å². The molecule has 1 aromatic heterocycles. The van der Waals surface area contributed by atoms with Crippen LogP contribution in [0.3, 0.4) is 0 Å². The van der Waals surface area contributed by atoms with Crippen molar-refractivity contribution in [3.05, 3.63) is 78.9 Å². The molecule has 0 fully saturated rings. The topological polar surface area (TPSA) is 70.3 Å². The molecule has 3 rings (SSSR count). The Kier molecular flexibility index (Phi) is 6.26. The zero-order chi connectivity index (χ0) is 21.1. The van der Waals surface area contributed by atoms with Crippen molar-refractivity contribution in [2.45, 2.75) is 26.4 Å². The number of carbonyl (C=O) groups is 1. The van der Waals surface area contributed by atoms with E-state index >= 15 is 0 Å². The molecule has 0 radical (unpaired) electrons. The molecule has 0 amide bonds. The van der Waals surface area contributed by atoms with Gasteiger partial charge < -0.3 is 4.74 Å². The fourth-order valence-corrected chi connectivity index (χ4v) is 3.24. The number of rotatable bonds is 6. The molecular formula is C20H17BrF2N2O4. The smallest absolute Gasteiger partial charge is 0.331 e. The Morgan fingerprint density at radius 2 is 1.72 bits per heavy atom. The number of fused-ring (bicyclic) bond motifs is 1. The summed E-state index contributed by atoms with van der Waals surface area (Å²) < 4.78 is 35.3. The molecule has 0 aliphatic heterocycles. The number of nitrogens with zero attached hydrogens (tertiary/aromatic N) is 2. The van der Waals surface area contributed by atoms with Gasteiger partial charge in [0.15, 0.2) is 11.6 Å². The van der Waals surface area contributed by atoms with Crippen molar-refractivity contribution in [3.63, 3.8) is 0 Å². The molecule has 9 heteroatoms. The second-order valence-electron chi connectivity index (χ2n) is 6.29. The molecule has 0 spiro atoms. The summed E-state index contributed by atoms with van der Waals surface area (Å²) in [5.41, 5.74) is -0.860. The van der Waals surface area contributed by atoms with E-state index in [9.17, 15) is 23.2 Å². The molecule has 3 aromatic rings. The fraction of sp³-hybridized carbons (Fsp3) is 0.250. The first-order chi connectivity index (χ1) is 13.8. The van der Waals surface area contributed by atoms with Crippen molar-refractivity contribution in [3.8, 4) is 0 Å². The van der Waals surface area contributed by atoms with E-state index in [-0.39, 0.29) is 37.0 Å². The molecule has 1 heterocycles. The van der Waals surface area contributed by atoms with Gasteiger partial charge in [0.25, 0.3) is 5.56 Å². The highest BCUT2D eigenvalue weighted by atomic mass is 79.9. The van der Waals surface area contributed by atoms with Crippen LogP contribution >= 0.6 is 15.9 Å². The first kappa shape index (κ1) is 20.9. The first-order valence-electron chi connectivity index (χ1n) is 8.84. The summed E-state index contributed by atoms with van der Waals surface area (Å²) in [5, 5.41) is -0.149. The second-order valence-corrected chi connectivity index (χ2v) is 7.21. The van der Waals surface area contributed by atoms with Gasteiger partial charge >= 0.3 is 11.7 Å². The van der Waals surface area contributed by atoms with Crippen LogP contribution in [0.4, 0.5) is 8.78 Å². The number of aryl methyl sites for hydroxylation is 1. The van der Waals surface area contributed by atoms with Crippen LogP contribution in [0.15, 0.2) is 50.5 Å². The van der Waals surface area contributed by atoms with E-state index in [1.54, 1.807) is 31.2 Å². The van der Waals surface area contributed by atoms with Crippen LogP contribution in [0.2, 0.25) is 0 Å². The maximum atomic E-state index is 13.8. The van der Waals surface area contributed by atoms with Crippen molar-refractivity contribution < 1.29 is 18.3 Å². The summed E-state index contributed by atoms with van der Waals surface area (Å²) >= 11 is 3.31. The van der Waals surface area contributed by atoms with Gasteiger partial charge in [-0.2, -0.15) is 0 Å². The third-order valence-corrected chi connectivity index (χ3v) is 4.89. The second kappa shape index (κ2) is 8.69. The van der Waals surface area contributed by atoms with E-state index < -0.39 is 28.9 Å². The number of benzene rings is 2. The van der Waals surface area contributed by atoms with E-state index in [0.29, 0.717) is 5.56 Å². The maximum Gasteiger partial charge on any atom is 0.331 e. The average molecular weight is 467 g/mol. The minimum Gasteiger partial charge on any atom is -0.466 e. The molecule has 152 valence electrons. The molecule has 0 atom stereocenters. The molecule has 0 N–H and O–H groups in total. The van der Waals surface area contributed by atoms with Crippen molar-refractivity contribution in [1.82, 2.24) is 9.13 Å². The minimum absolute atomic E-state index is 0.0563. The quantitative estimate of drug-likeness (QED) is 0.523. The molecule has 0 aliphatic rings. The average Bonchev–Trinajstić information content (AvgIpc) is 2.68. The molecule has 0 aliphatic carbocycles. The molecule has 0 saturated heterocycles. The molecule has 29 heavy (non-hydrogen) atoms. The Morgan fingerprint density at radius 3 is 2.38 bits per heavy atom. The van der Waals surface area contributed by atoms with Gasteiger partial charge in [-0.3, -0.25) is 18.7 Å². The minimum atomic E-state index is -1.19. The summed E-state index contributed by atoms with van der Waals surface area (Å²) in [4.78, 5) is 37.5. The van der Waals surface area contributed by atoms with Gasteiger partial charge in [0.2, 0.25) is 0 Å². The third-order valence-electron chi connectivity index (χ3n) is 4.37. The number of esters is 1. The number of hydrogen-bond acceptors (Lipinski definition) is 4. The fourth-order valence-electron chi connectivity index (χ4n) is 2.98. The Balaban J connectivity index is 2.16. The summed E-state index contributed by atoms with van der Waals surface area (Å²) in [7, 11) is 0. The number of carbonyl (C=O) groups excluding carboxylic acids is 1. The highest BCUT2D eigenvalue weighted by Gasteiger charge is 2.17. The van der Waals surface area contributed by atoms with Gasteiger partial charge in [0.05, 0.1) is 30.5 Å². The summed E-state index contributed by atoms with van der Waals surface area (Å²) in [6.07, 6.45) is -0.154. The van der Waals surface area contributed by atoms with Gasteiger partial charge in [-0.05, 0) is 30.7 Å². The number of aromatic nitrogens is 2. The van der Waals surface area contributed by atoms with Gasteiger partial charge in [-0.1, -0.05) is 28.1 Å². The lowest BCUT2D eigenvalue weighted by Gasteiger charge is -2.14. The Labute approximate surface area is 172 Å². The lowest BCUT2D eigenvalue weighted by Crippen LogP contribution is -2.40. The van der Waals surface area contributed by atoms with E-state index in [1.165, 1.54) is 0 Å². The lowest BCUT2D eigenvalue weighted by molar-refractivity contribution is -0.143. The highest BCUT2D eigenvalue weighted by Crippen LogP contribution is 2.16. The van der Waals surface area contributed by atoms with Gasteiger partial charge in [0, 0.05) is 17.1 Å². The summed E-state index contributed by atoms with van der Waals surface area (Å²) in [6.45, 7) is 1.63. The Hall–Kier alpha value is -2.81. The SMILES string of the molecule is CCOC(=O)CCn1c(=O)n(Cc2ccc(Br)cc2)c(=O)c2cc(F)c(F)cc21. The van der Waals surface area contributed by atoms with Crippen molar-refractivity contribution in [1.29, 1.82) is 0 Å². The van der Waals surface area contributed by atoms with Crippen molar-refractivity contribution >= 4 is 32.8 Å². The van der Waals surface area contributed by atoms with Crippen LogP contribution in [0.5, 0.6) is 0 Å². The van der Waals surface area contributed by atoms with Crippen LogP contribution < -0.4 is 11.2 Å². The van der Waals surface area contributed by atoms with Crippen LogP contribution in [-0.4, -0.2) is 21.7 Å². The van der Waals surface area contributed by atoms with E-state index in [0.717, 1.165) is 25.7 Å². The molecule has 0 saturated carbocycles. The van der Waals surface area contributed by atoms with Gasteiger partial charge in [-0.15, -0.1) is 0 Å². The third kappa shape index (κ3) is 4.45. The summed E-state index contributed by atoms with van der Waals surface area (Å²) in [6, 6.07) is 8.54. The largest absolute Gasteiger partial charge is 0.466 e. The standard InChI is InChI=1S/C20H17BrF2N2O4/c1-2-29-18(26)7-8-24-17-10-16(23)15(22)9-14(17)19(27)25(20(24)28)11-12-3-5-13(21)6-4-12/h3-6,9-10H,2,7-8,11H2,1H3. The molecule has 6 nitrogen and oxygen atoms in total. The zero-order valence-corrected chi connectivity index (χ0v) is 17.0. The zero-order valence-electron chi connectivity index (χ0n) is 15.5. The highest BCUT2D eigenvalue weighted by molar-refractivity contribution is 9.10.